The fraction of sp³-hybridized carbons (Fsp3) is 0.833. The number of likely N-dealkylation sites (tertiary alicyclic amines) is 1. The number of hydrogen-bond donors (Lipinski definition) is 1. The molecule has 2 aliphatic heterocycles. The molecule has 0 aliphatic carbocycles. The van der Waals surface area contributed by atoms with Crippen molar-refractivity contribution in [1.82, 2.24) is 15.1 Å². The van der Waals surface area contributed by atoms with Gasteiger partial charge in [0.15, 0.2) is 0 Å². The number of nitrogens with zero attached hydrogens (tertiary/aromatic N) is 2. The average molecular weight is 239 g/mol. The first kappa shape index (κ1) is 12.4. The second-order valence-electron chi connectivity index (χ2n) is 4.94. The van der Waals surface area contributed by atoms with E-state index in [1.807, 2.05) is 0 Å². The summed E-state index contributed by atoms with van der Waals surface area (Å²) in [5.74, 6) is 0.0262. The molecule has 2 heterocycles. The third-order valence-corrected chi connectivity index (χ3v) is 3.71. The Bertz CT molecular complexity index is 319. The first-order chi connectivity index (χ1) is 8.11. The van der Waals surface area contributed by atoms with Gasteiger partial charge in [-0.1, -0.05) is 6.92 Å². The molecule has 1 N–H and O–H groups in total. The average Bonchev–Trinajstić information content (AvgIpc) is 2.34. The molecule has 5 nitrogen and oxygen atoms in total. The Morgan fingerprint density at radius 3 is 2.88 bits per heavy atom. The van der Waals surface area contributed by atoms with Crippen molar-refractivity contribution >= 4 is 11.8 Å². The van der Waals surface area contributed by atoms with E-state index in [1.165, 1.54) is 0 Å². The molecule has 2 amide bonds. The van der Waals surface area contributed by atoms with Gasteiger partial charge in [-0.25, -0.2) is 0 Å². The van der Waals surface area contributed by atoms with Gasteiger partial charge in [0.25, 0.3) is 0 Å². The van der Waals surface area contributed by atoms with E-state index in [0.717, 1.165) is 32.5 Å². The minimum Gasteiger partial charge on any atom is -0.343 e. The van der Waals surface area contributed by atoms with E-state index in [-0.39, 0.29) is 30.4 Å². The fourth-order valence-electron chi connectivity index (χ4n) is 2.71. The molecule has 2 unspecified atom stereocenters. The maximum Gasteiger partial charge on any atom is 0.245 e. The molecule has 5 heteroatoms. The molecule has 17 heavy (non-hydrogen) atoms. The van der Waals surface area contributed by atoms with Crippen LogP contribution in [-0.2, 0) is 9.59 Å². The third-order valence-electron chi connectivity index (χ3n) is 3.71. The smallest absolute Gasteiger partial charge is 0.245 e. The van der Waals surface area contributed by atoms with Crippen molar-refractivity contribution in [2.24, 2.45) is 0 Å². The summed E-state index contributed by atoms with van der Waals surface area (Å²) < 4.78 is 0. The standard InChI is InChI=1S/C12H21N3O2/c1-3-14-6-4-5-10(7-14)15-8-11(16)13-9(2)12(15)17/h9-10H,3-8H2,1-2H3,(H,13,16). The van der Waals surface area contributed by atoms with Gasteiger partial charge in [0.05, 0.1) is 6.54 Å². The van der Waals surface area contributed by atoms with Crippen LogP contribution in [0.5, 0.6) is 0 Å². The topological polar surface area (TPSA) is 52.6 Å². The van der Waals surface area contributed by atoms with Crippen molar-refractivity contribution in [2.75, 3.05) is 26.2 Å². The Morgan fingerprint density at radius 1 is 1.41 bits per heavy atom. The zero-order valence-corrected chi connectivity index (χ0v) is 10.6. The van der Waals surface area contributed by atoms with Crippen molar-refractivity contribution < 1.29 is 9.59 Å². The van der Waals surface area contributed by atoms with Gasteiger partial charge < -0.3 is 15.1 Å². The summed E-state index contributed by atoms with van der Waals surface area (Å²) in [5, 5.41) is 2.68. The number of amides is 2. The zero-order valence-electron chi connectivity index (χ0n) is 10.6. The Hall–Kier alpha value is -1.10. The molecule has 0 radical (unpaired) electrons. The van der Waals surface area contributed by atoms with E-state index in [9.17, 15) is 9.59 Å². The van der Waals surface area contributed by atoms with Crippen LogP contribution in [0.2, 0.25) is 0 Å². The van der Waals surface area contributed by atoms with E-state index in [2.05, 4.69) is 17.1 Å². The van der Waals surface area contributed by atoms with Crippen LogP contribution in [-0.4, -0.2) is 59.9 Å². The highest BCUT2D eigenvalue weighted by atomic mass is 16.2. The Kier molecular flexibility index (Phi) is 3.66. The van der Waals surface area contributed by atoms with Crippen molar-refractivity contribution in [2.45, 2.75) is 38.8 Å². The predicted molar refractivity (Wildman–Crippen MR) is 64.5 cm³/mol. The number of rotatable bonds is 2. The van der Waals surface area contributed by atoms with Crippen molar-refractivity contribution in [3.63, 3.8) is 0 Å². The summed E-state index contributed by atoms with van der Waals surface area (Å²) in [6, 6.07) is -0.155. The molecular weight excluding hydrogens is 218 g/mol. The van der Waals surface area contributed by atoms with Gasteiger partial charge in [-0.15, -0.1) is 0 Å². The Balaban J connectivity index is 2.04. The summed E-state index contributed by atoms with van der Waals surface area (Å²) in [5.41, 5.74) is 0. The van der Waals surface area contributed by atoms with Gasteiger partial charge in [0, 0.05) is 12.6 Å². The Labute approximate surface area is 102 Å². The molecule has 0 bridgehead atoms. The molecule has 0 spiro atoms. The van der Waals surface area contributed by atoms with Gasteiger partial charge in [-0.05, 0) is 32.9 Å². The van der Waals surface area contributed by atoms with Gasteiger partial charge in [0.1, 0.15) is 6.04 Å². The SMILES string of the molecule is CCN1CCCC(N2CC(=O)NC(C)C2=O)C1. The third kappa shape index (κ3) is 2.60. The number of nitrogens with one attached hydrogen (secondary N) is 1. The number of likely N-dealkylation sites (N-methyl/N-ethyl adjacent to an activating group) is 1. The lowest BCUT2D eigenvalue weighted by Gasteiger charge is -2.41. The molecule has 0 aromatic carbocycles. The van der Waals surface area contributed by atoms with Gasteiger partial charge in [-0.2, -0.15) is 0 Å². The van der Waals surface area contributed by atoms with E-state index in [4.69, 9.17) is 0 Å². The molecule has 0 saturated carbocycles. The normalized spacial score (nSPS) is 31.5. The molecule has 2 saturated heterocycles. The highest BCUT2D eigenvalue weighted by Gasteiger charge is 2.35. The molecule has 2 rings (SSSR count). The van der Waals surface area contributed by atoms with Gasteiger partial charge in [0.2, 0.25) is 11.8 Å². The largest absolute Gasteiger partial charge is 0.343 e. The van der Waals surface area contributed by atoms with Crippen LogP contribution in [0.3, 0.4) is 0 Å². The first-order valence-corrected chi connectivity index (χ1v) is 6.44. The van der Waals surface area contributed by atoms with Gasteiger partial charge >= 0.3 is 0 Å². The van der Waals surface area contributed by atoms with E-state index in [1.54, 1.807) is 11.8 Å². The minimum atomic E-state index is -0.367. The molecule has 2 aliphatic rings. The first-order valence-electron chi connectivity index (χ1n) is 6.44. The van der Waals surface area contributed by atoms with Crippen molar-refractivity contribution in [1.29, 1.82) is 0 Å². The van der Waals surface area contributed by atoms with E-state index >= 15 is 0 Å². The van der Waals surface area contributed by atoms with Crippen LogP contribution < -0.4 is 5.32 Å². The van der Waals surface area contributed by atoms with Crippen LogP contribution in [0.25, 0.3) is 0 Å². The fourth-order valence-corrected chi connectivity index (χ4v) is 2.71. The minimum absolute atomic E-state index is 0.0364. The number of carbonyl (C=O) groups is 2. The number of piperidine rings is 1. The van der Waals surface area contributed by atoms with Gasteiger partial charge in [-0.3, -0.25) is 9.59 Å². The monoisotopic (exact) mass is 239 g/mol. The molecule has 2 atom stereocenters. The number of piperazine rings is 1. The quantitative estimate of drug-likeness (QED) is 0.727. The summed E-state index contributed by atoms with van der Waals surface area (Å²) in [6.07, 6.45) is 2.13. The van der Waals surface area contributed by atoms with Crippen molar-refractivity contribution in [3.05, 3.63) is 0 Å². The zero-order chi connectivity index (χ0) is 12.4. The van der Waals surface area contributed by atoms with E-state index < -0.39 is 0 Å². The maximum absolute atomic E-state index is 12.1. The van der Waals surface area contributed by atoms with Crippen LogP contribution in [0.4, 0.5) is 0 Å². The molecule has 2 fully saturated rings. The highest BCUT2D eigenvalue weighted by molar-refractivity contribution is 5.94. The van der Waals surface area contributed by atoms with Crippen LogP contribution in [0.1, 0.15) is 26.7 Å². The molecule has 0 aromatic heterocycles. The lowest BCUT2D eigenvalue weighted by Crippen LogP contribution is -2.62. The van der Waals surface area contributed by atoms with Crippen molar-refractivity contribution in [3.8, 4) is 0 Å². The molecule has 96 valence electrons. The molecular formula is C12H21N3O2. The second-order valence-corrected chi connectivity index (χ2v) is 4.94. The summed E-state index contributed by atoms with van der Waals surface area (Å²) >= 11 is 0. The number of hydrogen-bond acceptors (Lipinski definition) is 3. The summed E-state index contributed by atoms with van der Waals surface area (Å²) in [7, 11) is 0. The number of carbonyl (C=O) groups excluding carboxylic acids is 2. The summed E-state index contributed by atoms with van der Waals surface area (Å²) in [6.45, 7) is 7.15. The van der Waals surface area contributed by atoms with Crippen LogP contribution >= 0.6 is 0 Å². The van der Waals surface area contributed by atoms with Crippen LogP contribution in [0, 0.1) is 0 Å². The Morgan fingerprint density at radius 2 is 2.18 bits per heavy atom. The van der Waals surface area contributed by atoms with E-state index in [0.29, 0.717) is 0 Å². The predicted octanol–water partition coefficient (Wildman–Crippen LogP) is -0.182. The summed E-state index contributed by atoms with van der Waals surface area (Å²) in [4.78, 5) is 27.7. The second kappa shape index (κ2) is 5.04. The highest BCUT2D eigenvalue weighted by Crippen LogP contribution is 2.18. The lowest BCUT2D eigenvalue weighted by atomic mass is 10.0. The maximum atomic E-state index is 12.1. The molecule has 0 aromatic rings. The van der Waals surface area contributed by atoms with Crippen LogP contribution in [0.15, 0.2) is 0 Å². The lowest BCUT2D eigenvalue weighted by molar-refractivity contribution is -0.147.